The van der Waals surface area contributed by atoms with Crippen LogP contribution in [0.4, 0.5) is 8.78 Å². The van der Waals surface area contributed by atoms with E-state index in [0.29, 0.717) is 9.26 Å². The van der Waals surface area contributed by atoms with Crippen molar-refractivity contribution in [3.8, 4) is 0 Å². The number of pyridine rings is 1. The van der Waals surface area contributed by atoms with Crippen LogP contribution in [0.5, 0.6) is 0 Å². The normalized spacial score (nSPS) is 11.0. The standard InChI is InChI=1S/C8H9F2IN2O/c9-7(10)6-4(2-12)1-5(3-14)8(11)13-6/h1,7,14H,2-3,12H2. The molecule has 6 heteroatoms. The number of nitrogens with zero attached hydrogens (tertiary/aromatic N) is 1. The summed E-state index contributed by atoms with van der Waals surface area (Å²) in [7, 11) is 0. The lowest BCUT2D eigenvalue weighted by Crippen LogP contribution is -2.08. The summed E-state index contributed by atoms with van der Waals surface area (Å²) in [6.45, 7) is -0.224. The van der Waals surface area contributed by atoms with Crippen LogP contribution in [0, 0.1) is 3.70 Å². The van der Waals surface area contributed by atoms with Crippen molar-refractivity contribution >= 4 is 22.6 Å². The van der Waals surface area contributed by atoms with Crippen LogP contribution >= 0.6 is 22.6 Å². The van der Waals surface area contributed by atoms with E-state index in [1.54, 1.807) is 0 Å². The fraction of sp³-hybridized carbons (Fsp3) is 0.375. The number of aliphatic hydroxyl groups is 1. The second kappa shape index (κ2) is 4.94. The first kappa shape index (κ1) is 11.7. The molecule has 0 radical (unpaired) electrons. The van der Waals surface area contributed by atoms with Gasteiger partial charge in [0, 0.05) is 12.1 Å². The zero-order valence-electron chi connectivity index (χ0n) is 7.17. The van der Waals surface area contributed by atoms with Gasteiger partial charge in [-0.05, 0) is 34.2 Å². The van der Waals surface area contributed by atoms with Crippen LogP contribution in [0.1, 0.15) is 23.2 Å². The van der Waals surface area contributed by atoms with E-state index >= 15 is 0 Å². The molecule has 3 N–H and O–H groups in total. The third-order valence-electron chi connectivity index (χ3n) is 1.76. The minimum absolute atomic E-state index is 0.00338. The van der Waals surface area contributed by atoms with Crippen molar-refractivity contribution in [1.29, 1.82) is 0 Å². The number of aliphatic hydroxyl groups excluding tert-OH is 1. The second-order valence-electron chi connectivity index (χ2n) is 2.65. The maximum atomic E-state index is 12.4. The summed E-state index contributed by atoms with van der Waals surface area (Å²) in [5.41, 5.74) is 5.81. The van der Waals surface area contributed by atoms with Crippen molar-refractivity contribution in [2.45, 2.75) is 19.6 Å². The number of halogens is 3. The van der Waals surface area contributed by atoms with Crippen molar-refractivity contribution in [2.75, 3.05) is 0 Å². The van der Waals surface area contributed by atoms with Gasteiger partial charge in [0.1, 0.15) is 9.39 Å². The van der Waals surface area contributed by atoms with Crippen LogP contribution in [0.25, 0.3) is 0 Å². The summed E-state index contributed by atoms with van der Waals surface area (Å²) in [5.74, 6) is 0. The third-order valence-corrected chi connectivity index (χ3v) is 2.69. The molecular weight excluding hydrogens is 305 g/mol. The molecule has 1 aromatic rings. The zero-order chi connectivity index (χ0) is 10.7. The Balaban J connectivity index is 3.24. The van der Waals surface area contributed by atoms with E-state index in [4.69, 9.17) is 10.8 Å². The minimum Gasteiger partial charge on any atom is -0.392 e. The summed E-state index contributed by atoms with van der Waals surface area (Å²) < 4.78 is 25.3. The molecule has 78 valence electrons. The van der Waals surface area contributed by atoms with Gasteiger partial charge in [-0.25, -0.2) is 13.8 Å². The number of hydrogen-bond acceptors (Lipinski definition) is 3. The van der Waals surface area contributed by atoms with Gasteiger partial charge >= 0.3 is 0 Å². The first-order valence-corrected chi connectivity index (χ1v) is 4.95. The Hall–Kier alpha value is -0.340. The SMILES string of the molecule is NCc1cc(CO)c(I)nc1C(F)F. The lowest BCUT2D eigenvalue weighted by Gasteiger charge is -2.09. The van der Waals surface area contributed by atoms with Gasteiger partial charge in [0.15, 0.2) is 0 Å². The first-order valence-electron chi connectivity index (χ1n) is 3.87. The fourth-order valence-electron chi connectivity index (χ4n) is 1.06. The second-order valence-corrected chi connectivity index (χ2v) is 3.67. The Labute approximate surface area is 93.5 Å². The molecule has 1 rings (SSSR count). The fourth-order valence-corrected chi connectivity index (χ4v) is 1.64. The van der Waals surface area contributed by atoms with E-state index in [1.165, 1.54) is 6.07 Å². The minimum atomic E-state index is -2.63. The Bertz CT molecular complexity index is 333. The summed E-state index contributed by atoms with van der Waals surface area (Å²) in [5, 5.41) is 8.89. The summed E-state index contributed by atoms with van der Waals surface area (Å²) in [6.07, 6.45) is -2.63. The van der Waals surface area contributed by atoms with Crippen molar-refractivity contribution < 1.29 is 13.9 Å². The summed E-state index contributed by atoms with van der Waals surface area (Å²) in [4.78, 5) is 3.71. The number of nitrogens with two attached hydrogens (primary N) is 1. The monoisotopic (exact) mass is 314 g/mol. The van der Waals surface area contributed by atoms with Gasteiger partial charge in [0.2, 0.25) is 0 Å². The molecule has 3 nitrogen and oxygen atoms in total. The molecule has 0 aliphatic carbocycles. The molecule has 0 fully saturated rings. The van der Waals surface area contributed by atoms with Crippen molar-refractivity contribution in [1.82, 2.24) is 4.98 Å². The molecule has 0 aliphatic rings. The van der Waals surface area contributed by atoms with Crippen LogP contribution in [-0.4, -0.2) is 10.1 Å². The largest absolute Gasteiger partial charge is 0.392 e. The van der Waals surface area contributed by atoms with Gasteiger partial charge in [-0.15, -0.1) is 0 Å². The van der Waals surface area contributed by atoms with Gasteiger partial charge in [-0.3, -0.25) is 0 Å². The topological polar surface area (TPSA) is 59.1 Å². The van der Waals surface area contributed by atoms with Crippen molar-refractivity contribution in [3.05, 3.63) is 26.6 Å². The highest BCUT2D eigenvalue weighted by atomic mass is 127. The van der Waals surface area contributed by atoms with Crippen LogP contribution in [-0.2, 0) is 13.2 Å². The third kappa shape index (κ3) is 2.37. The highest BCUT2D eigenvalue weighted by molar-refractivity contribution is 14.1. The highest BCUT2D eigenvalue weighted by Crippen LogP contribution is 2.23. The molecule has 0 bridgehead atoms. The predicted molar refractivity (Wildman–Crippen MR) is 55.7 cm³/mol. The number of aromatic nitrogens is 1. The average molecular weight is 314 g/mol. The Morgan fingerprint density at radius 3 is 2.57 bits per heavy atom. The molecule has 1 aromatic heterocycles. The zero-order valence-corrected chi connectivity index (χ0v) is 9.33. The molecule has 0 saturated carbocycles. The van der Waals surface area contributed by atoms with E-state index < -0.39 is 6.43 Å². The molecular formula is C8H9F2IN2O. The number of alkyl halides is 2. The van der Waals surface area contributed by atoms with E-state index in [2.05, 4.69) is 4.98 Å². The maximum Gasteiger partial charge on any atom is 0.280 e. The smallest absolute Gasteiger partial charge is 0.280 e. The van der Waals surface area contributed by atoms with Gasteiger partial charge < -0.3 is 10.8 Å². The molecule has 0 saturated heterocycles. The molecule has 0 amide bonds. The molecule has 14 heavy (non-hydrogen) atoms. The van der Waals surface area contributed by atoms with Crippen LogP contribution in [0.3, 0.4) is 0 Å². The number of hydrogen-bond donors (Lipinski definition) is 2. The van der Waals surface area contributed by atoms with Crippen molar-refractivity contribution in [2.24, 2.45) is 5.73 Å². The lowest BCUT2D eigenvalue weighted by atomic mass is 10.1. The van der Waals surface area contributed by atoms with E-state index in [-0.39, 0.29) is 24.4 Å². The van der Waals surface area contributed by atoms with Crippen LogP contribution in [0.2, 0.25) is 0 Å². The Morgan fingerprint density at radius 1 is 1.50 bits per heavy atom. The van der Waals surface area contributed by atoms with Crippen LogP contribution in [0.15, 0.2) is 6.07 Å². The summed E-state index contributed by atoms with van der Waals surface area (Å²) >= 11 is 1.81. The first-order chi connectivity index (χ1) is 6.60. The van der Waals surface area contributed by atoms with Gasteiger partial charge in [-0.1, -0.05) is 0 Å². The molecule has 1 heterocycles. The highest BCUT2D eigenvalue weighted by Gasteiger charge is 2.16. The molecule has 0 atom stereocenters. The van der Waals surface area contributed by atoms with E-state index in [1.807, 2.05) is 22.6 Å². The van der Waals surface area contributed by atoms with Gasteiger partial charge in [-0.2, -0.15) is 0 Å². The summed E-state index contributed by atoms with van der Waals surface area (Å²) in [6, 6.07) is 1.47. The van der Waals surface area contributed by atoms with Crippen molar-refractivity contribution in [3.63, 3.8) is 0 Å². The van der Waals surface area contributed by atoms with E-state index in [0.717, 1.165) is 0 Å². The van der Waals surface area contributed by atoms with Gasteiger partial charge in [0.05, 0.1) is 6.61 Å². The molecule has 0 aliphatic heterocycles. The van der Waals surface area contributed by atoms with Gasteiger partial charge in [0.25, 0.3) is 6.43 Å². The maximum absolute atomic E-state index is 12.4. The number of rotatable bonds is 3. The average Bonchev–Trinajstić information content (AvgIpc) is 2.17. The molecule has 0 spiro atoms. The van der Waals surface area contributed by atoms with E-state index in [9.17, 15) is 8.78 Å². The Kier molecular flexibility index (Phi) is 4.14. The molecule has 0 unspecified atom stereocenters. The molecule has 0 aromatic carbocycles. The Morgan fingerprint density at radius 2 is 2.14 bits per heavy atom. The van der Waals surface area contributed by atoms with Crippen LogP contribution < -0.4 is 5.73 Å². The quantitative estimate of drug-likeness (QED) is 0.658. The predicted octanol–water partition coefficient (Wildman–Crippen LogP) is 1.57. The lowest BCUT2D eigenvalue weighted by molar-refractivity contribution is 0.144.